The molecule has 0 saturated heterocycles. The van der Waals surface area contributed by atoms with E-state index < -0.39 is 11.2 Å². The maximum atomic E-state index is 8.72. The van der Waals surface area contributed by atoms with Crippen molar-refractivity contribution in [1.82, 2.24) is 0 Å². The number of thiol groups is 1. The van der Waals surface area contributed by atoms with Gasteiger partial charge in [0, 0.05) is 5.03 Å². The molecule has 0 saturated carbocycles. The Hall–Kier alpha value is 0.0800. The Bertz CT molecular complexity index is 130. The van der Waals surface area contributed by atoms with Gasteiger partial charge in [0.25, 0.3) is 0 Å². The molecule has 0 fully saturated rings. The average Bonchev–Trinajstić information content (AvgIpc) is 1.87. The number of halogens is 1. The maximum absolute atomic E-state index is 8.72. The Balaban J connectivity index is 2.69. The summed E-state index contributed by atoms with van der Waals surface area (Å²) in [5, 5.41) is 3.97. The molecule has 0 bridgehead atoms. The first-order chi connectivity index (χ1) is 3.29. The van der Waals surface area contributed by atoms with Gasteiger partial charge in [-0.15, -0.1) is 11.2 Å². The van der Waals surface area contributed by atoms with Gasteiger partial charge >= 0.3 is 0 Å². The van der Waals surface area contributed by atoms with Crippen molar-refractivity contribution in [3.05, 3.63) is 21.9 Å². The Morgan fingerprint density at radius 3 is 2.57 bits per heavy atom. The first-order valence-corrected chi connectivity index (χ1v) is 3.63. The quantitative estimate of drug-likeness (QED) is 0.489. The van der Waals surface area contributed by atoms with E-state index in [4.69, 9.17) is 16.2 Å². The largest absolute Gasteiger partial charge is 0.347 e. The second-order valence-electron chi connectivity index (χ2n) is 1.21. The average molecular weight is 137 g/mol. The van der Waals surface area contributed by atoms with Gasteiger partial charge in [-0.2, -0.15) is 0 Å². The molecule has 1 rings (SSSR count). The lowest BCUT2D eigenvalue weighted by atomic mass is 10.6. The van der Waals surface area contributed by atoms with Crippen LogP contribution in [0.1, 0.15) is 0 Å². The Morgan fingerprint density at radius 1 is 1.71 bits per heavy atom. The summed E-state index contributed by atoms with van der Waals surface area (Å²) in [6.07, 6.45) is 1.70. The van der Waals surface area contributed by atoms with Crippen LogP contribution in [-0.2, 0) is 0 Å². The molecule has 0 aromatic heterocycles. The van der Waals surface area contributed by atoms with Gasteiger partial charge in [-0.25, -0.2) is 0 Å². The molecule has 1 aliphatic rings. The van der Waals surface area contributed by atoms with Crippen LogP contribution in [0.5, 0.6) is 0 Å². The normalized spacial score (nSPS) is 33.4. The molecule has 1 atom stereocenters. The van der Waals surface area contributed by atoms with Crippen LogP contribution in [-0.4, -0.2) is 4.55 Å². The molecule has 0 aliphatic carbocycles. The van der Waals surface area contributed by atoms with Gasteiger partial charge in [-0.05, 0) is 16.9 Å². The molecule has 0 aromatic rings. The van der Waals surface area contributed by atoms with Crippen molar-refractivity contribution < 1.29 is 4.55 Å². The standard InChI is InChI=1S/C4H5ClOS/c5-4-1-2-7(6)3-4/h1-3,6-7H. The van der Waals surface area contributed by atoms with Gasteiger partial charge in [-0.1, -0.05) is 11.6 Å². The van der Waals surface area contributed by atoms with E-state index >= 15 is 0 Å². The fourth-order valence-corrected chi connectivity index (χ4v) is 1.55. The minimum absolute atomic E-state index is 0.647. The van der Waals surface area contributed by atoms with Crippen LogP contribution in [0, 0.1) is 0 Å². The van der Waals surface area contributed by atoms with Crippen molar-refractivity contribution in [2.24, 2.45) is 0 Å². The zero-order valence-electron chi connectivity index (χ0n) is 3.50. The van der Waals surface area contributed by atoms with Crippen LogP contribution >= 0.6 is 22.8 Å². The number of hydrogen-bond donors (Lipinski definition) is 2. The second-order valence-corrected chi connectivity index (χ2v) is 2.96. The zero-order valence-corrected chi connectivity index (χ0v) is 5.15. The third-order valence-corrected chi connectivity index (χ3v) is 2.03. The summed E-state index contributed by atoms with van der Waals surface area (Å²) in [5.74, 6) is 0. The molecule has 1 nitrogen and oxygen atoms in total. The molecule has 7 heavy (non-hydrogen) atoms. The fourth-order valence-electron chi connectivity index (χ4n) is 0.360. The van der Waals surface area contributed by atoms with E-state index in [9.17, 15) is 0 Å². The number of hydrogen-bond acceptors (Lipinski definition) is 1. The predicted molar refractivity (Wildman–Crippen MR) is 34.7 cm³/mol. The smallest absolute Gasteiger partial charge is 0.0480 e. The monoisotopic (exact) mass is 136 g/mol. The second kappa shape index (κ2) is 1.90. The highest BCUT2D eigenvalue weighted by Gasteiger charge is 1.96. The molecule has 1 N–H and O–H groups in total. The summed E-state index contributed by atoms with van der Waals surface area (Å²) in [5.41, 5.74) is 0. The van der Waals surface area contributed by atoms with Gasteiger partial charge < -0.3 is 4.55 Å². The van der Waals surface area contributed by atoms with Gasteiger partial charge in [0.05, 0.1) is 0 Å². The third-order valence-electron chi connectivity index (χ3n) is 0.642. The van der Waals surface area contributed by atoms with E-state index in [2.05, 4.69) is 0 Å². The van der Waals surface area contributed by atoms with Crippen LogP contribution in [0.15, 0.2) is 21.9 Å². The van der Waals surface area contributed by atoms with E-state index in [0.29, 0.717) is 5.03 Å². The third kappa shape index (κ3) is 1.23. The summed E-state index contributed by atoms with van der Waals surface area (Å²) in [4.78, 5) is 0. The van der Waals surface area contributed by atoms with Crippen LogP contribution < -0.4 is 0 Å². The van der Waals surface area contributed by atoms with E-state index in [1.165, 1.54) is 0 Å². The predicted octanol–water partition coefficient (Wildman–Crippen LogP) is 2.07. The van der Waals surface area contributed by atoms with E-state index in [-0.39, 0.29) is 0 Å². The summed E-state index contributed by atoms with van der Waals surface area (Å²) >= 11 is 4.46. The van der Waals surface area contributed by atoms with Gasteiger partial charge in [-0.3, -0.25) is 0 Å². The Morgan fingerprint density at radius 2 is 2.43 bits per heavy atom. The highest BCUT2D eigenvalue weighted by molar-refractivity contribution is 8.17. The molecule has 0 spiro atoms. The first-order valence-electron chi connectivity index (χ1n) is 1.82. The molecule has 3 heteroatoms. The lowest BCUT2D eigenvalue weighted by Gasteiger charge is -1.92. The first kappa shape index (κ1) is 5.22. The number of rotatable bonds is 0. The molecule has 0 aromatic carbocycles. The van der Waals surface area contributed by atoms with E-state index in [0.717, 1.165) is 0 Å². The molecular weight excluding hydrogens is 132 g/mol. The SMILES string of the molecule is O[SH]1C=CC(Cl)=C1. The van der Waals surface area contributed by atoms with Crippen LogP contribution in [0.25, 0.3) is 0 Å². The molecule has 1 unspecified atom stereocenters. The van der Waals surface area contributed by atoms with E-state index in [1.54, 1.807) is 16.9 Å². The van der Waals surface area contributed by atoms with Gasteiger partial charge in [0.15, 0.2) is 0 Å². The fraction of sp³-hybridized carbons (Fsp3) is 0. The van der Waals surface area contributed by atoms with Crippen molar-refractivity contribution in [2.75, 3.05) is 0 Å². The maximum Gasteiger partial charge on any atom is 0.0480 e. The topological polar surface area (TPSA) is 20.2 Å². The van der Waals surface area contributed by atoms with E-state index in [1.807, 2.05) is 0 Å². The van der Waals surface area contributed by atoms with Crippen molar-refractivity contribution in [3.63, 3.8) is 0 Å². The zero-order chi connectivity index (χ0) is 5.28. The molecule has 0 amide bonds. The molecule has 40 valence electrons. The lowest BCUT2D eigenvalue weighted by Crippen LogP contribution is -1.53. The highest BCUT2D eigenvalue weighted by Crippen LogP contribution is 2.32. The molecule has 1 heterocycles. The van der Waals surface area contributed by atoms with Gasteiger partial charge in [0.2, 0.25) is 0 Å². The Labute approximate surface area is 49.8 Å². The summed E-state index contributed by atoms with van der Waals surface area (Å²) in [7, 11) is 0. The Kier molecular flexibility index (Phi) is 1.42. The summed E-state index contributed by atoms with van der Waals surface area (Å²) < 4.78 is 8.72. The van der Waals surface area contributed by atoms with Crippen molar-refractivity contribution in [3.8, 4) is 0 Å². The molecule has 1 aliphatic heterocycles. The minimum Gasteiger partial charge on any atom is -0.347 e. The van der Waals surface area contributed by atoms with Crippen molar-refractivity contribution >= 4 is 22.8 Å². The number of allylic oxidation sites excluding steroid dienone is 2. The highest BCUT2D eigenvalue weighted by atomic mass is 35.5. The summed E-state index contributed by atoms with van der Waals surface area (Å²) in [6.45, 7) is 0. The lowest BCUT2D eigenvalue weighted by molar-refractivity contribution is 0.663. The van der Waals surface area contributed by atoms with Gasteiger partial charge in [0.1, 0.15) is 0 Å². The minimum atomic E-state index is -0.979. The molecule has 0 radical (unpaired) electrons. The van der Waals surface area contributed by atoms with Crippen LogP contribution in [0.3, 0.4) is 0 Å². The summed E-state index contributed by atoms with van der Waals surface area (Å²) in [6, 6.07) is 0. The van der Waals surface area contributed by atoms with Crippen LogP contribution in [0.4, 0.5) is 0 Å². The van der Waals surface area contributed by atoms with Crippen LogP contribution in [0.2, 0.25) is 0 Å². The molecular formula is C4H5ClOS. The van der Waals surface area contributed by atoms with Crippen molar-refractivity contribution in [1.29, 1.82) is 0 Å². The van der Waals surface area contributed by atoms with Crippen molar-refractivity contribution in [2.45, 2.75) is 0 Å².